The summed E-state index contributed by atoms with van der Waals surface area (Å²) in [5.41, 5.74) is 9.18. The molecule has 1 fully saturated rings. The van der Waals surface area contributed by atoms with Crippen molar-refractivity contribution in [3.63, 3.8) is 0 Å². The number of benzene rings is 3. The molecule has 214 valence electrons. The van der Waals surface area contributed by atoms with Gasteiger partial charge in [-0.05, 0) is 65.8 Å². The maximum absolute atomic E-state index is 13.6. The number of rotatable bonds is 9. The third kappa shape index (κ3) is 6.69. The number of hydrogen-bond donors (Lipinski definition) is 3. The van der Waals surface area contributed by atoms with E-state index in [-0.39, 0.29) is 18.3 Å². The van der Waals surface area contributed by atoms with Gasteiger partial charge in [-0.15, -0.1) is 0 Å². The number of anilines is 1. The van der Waals surface area contributed by atoms with Crippen molar-refractivity contribution in [1.29, 1.82) is 0 Å². The molecule has 9 heteroatoms. The molecule has 1 atom stereocenters. The first-order valence-corrected chi connectivity index (χ1v) is 14.0. The fourth-order valence-corrected chi connectivity index (χ4v) is 5.39. The Balaban J connectivity index is 1.47. The van der Waals surface area contributed by atoms with Crippen LogP contribution in [0, 0.1) is 0 Å². The Labute approximate surface area is 237 Å². The molecule has 5 rings (SSSR count). The average Bonchev–Trinajstić information content (AvgIpc) is 3.67. The Morgan fingerprint density at radius 3 is 2.37 bits per heavy atom. The number of carbonyl (C=O) groups is 1. The molecule has 1 amide bonds. The van der Waals surface area contributed by atoms with Gasteiger partial charge in [-0.3, -0.25) is 4.79 Å². The van der Waals surface area contributed by atoms with Crippen molar-refractivity contribution in [3.8, 4) is 5.69 Å². The Hall–Kier alpha value is -3.95. The highest BCUT2D eigenvalue weighted by Crippen LogP contribution is 2.31. The molecule has 0 saturated heterocycles. The van der Waals surface area contributed by atoms with Crippen molar-refractivity contribution >= 4 is 11.6 Å². The van der Waals surface area contributed by atoms with Gasteiger partial charge in [0.2, 0.25) is 0 Å². The summed E-state index contributed by atoms with van der Waals surface area (Å²) in [5.74, 6) is -0.698. The molecule has 6 nitrogen and oxygen atoms in total. The molecule has 1 saturated carbocycles. The zero-order chi connectivity index (χ0) is 29.0. The Morgan fingerprint density at radius 1 is 0.976 bits per heavy atom. The Kier molecular flexibility index (Phi) is 8.56. The summed E-state index contributed by atoms with van der Waals surface area (Å²) >= 11 is 0. The first-order valence-electron chi connectivity index (χ1n) is 14.0. The molecule has 1 unspecified atom stereocenters. The predicted octanol–water partition coefficient (Wildman–Crippen LogP) is 6.79. The summed E-state index contributed by atoms with van der Waals surface area (Å²) < 4.78 is 41.9. The smallest absolute Gasteiger partial charge is 0.326 e. The van der Waals surface area contributed by atoms with Gasteiger partial charge < -0.3 is 16.4 Å². The molecule has 1 heterocycles. The number of nitrogens with two attached hydrogens (primary N) is 1. The van der Waals surface area contributed by atoms with Gasteiger partial charge in [0.05, 0.1) is 11.7 Å². The summed E-state index contributed by atoms with van der Waals surface area (Å²) in [7, 11) is 0. The minimum atomic E-state index is -4.71. The highest BCUT2D eigenvalue weighted by Gasteiger charge is 2.36. The number of alkyl halides is 3. The fraction of sp³-hybridized carbons (Fsp3) is 0.312. The second kappa shape index (κ2) is 12.3. The van der Waals surface area contributed by atoms with Gasteiger partial charge in [0, 0.05) is 24.3 Å². The van der Waals surface area contributed by atoms with Gasteiger partial charge in [-0.1, -0.05) is 68.3 Å². The van der Waals surface area contributed by atoms with E-state index in [2.05, 4.69) is 46.9 Å². The van der Waals surface area contributed by atoms with Crippen LogP contribution in [0.25, 0.3) is 5.69 Å². The van der Waals surface area contributed by atoms with E-state index in [1.165, 1.54) is 18.4 Å². The van der Waals surface area contributed by atoms with Gasteiger partial charge >= 0.3 is 6.18 Å². The van der Waals surface area contributed by atoms with E-state index >= 15 is 0 Å². The number of halogens is 3. The molecular formula is C32H34F3N5O. The van der Waals surface area contributed by atoms with E-state index in [0.717, 1.165) is 41.1 Å². The average molecular weight is 562 g/mol. The normalized spacial score (nSPS) is 14.8. The first-order chi connectivity index (χ1) is 19.7. The van der Waals surface area contributed by atoms with Gasteiger partial charge in [0.1, 0.15) is 5.69 Å². The second-order valence-corrected chi connectivity index (χ2v) is 10.5. The quantitative estimate of drug-likeness (QED) is 0.210. The van der Waals surface area contributed by atoms with Crippen LogP contribution in [0.1, 0.15) is 77.1 Å². The van der Waals surface area contributed by atoms with Crippen LogP contribution in [-0.4, -0.2) is 21.7 Å². The molecule has 1 aliphatic carbocycles. The van der Waals surface area contributed by atoms with Crippen molar-refractivity contribution in [3.05, 3.63) is 113 Å². The Bertz CT molecular complexity index is 1510. The lowest BCUT2D eigenvalue weighted by Crippen LogP contribution is -2.31. The van der Waals surface area contributed by atoms with E-state index in [0.29, 0.717) is 23.0 Å². The number of carbonyl (C=O) groups excluding carboxylic acids is 1. The number of aromatic nitrogens is 2. The molecule has 4 N–H and O–H groups in total. The number of amides is 1. The zero-order valence-electron chi connectivity index (χ0n) is 22.9. The molecule has 41 heavy (non-hydrogen) atoms. The molecule has 1 aromatic heterocycles. The monoisotopic (exact) mass is 561 g/mol. The van der Waals surface area contributed by atoms with Crippen molar-refractivity contribution in [2.45, 2.75) is 63.8 Å². The first kappa shape index (κ1) is 28.6. The highest BCUT2D eigenvalue weighted by atomic mass is 19.4. The van der Waals surface area contributed by atoms with Crippen molar-refractivity contribution in [2.75, 3.05) is 5.32 Å². The maximum Gasteiger partial charge on any atom is 0.435 e. The molecule has 0 bridgehead atoms. The van der Waals surface area contributed by atoms with Crippen LogP contribution in [0.4, 0.5) is 18.9 Å². The maximum atomic E-state index is 13.6. The van der Waals surface area contributed by atoms with Crippen LogP contribution in [0.5, 0.6) is 0 Å². The Morgan fingerprint density at radius 2 is 1.66 bits per heavy atom. The molecule has 0 aliphatic heterocycles. The fourth-order valence-electron chi connectivity index (χ4n) is 5.39. The van der Waals surface area contributed by atoms with Gasteiger partial charge in [-0.25, -0.2) is 4.68 Å². The van der Waals surface area contributed by atoms with Crippen LogP contribution < -0.4 is 16.4 Å². The summed E-state index contributed by atoms with van der Waals surface area (Å²) in [6.45, 7) is 2.32. The third-order valence-corrected chi connectivity index (χ3v) is 7.55. The van der Waals surface area contributed by atoms with Crippen LogP contribution in [-0.2, 0) is 19.1 Å². The molecule has 1 aliphatic rings. The highest BCUT2D eigenvalue weighted by molar-refractivity contribution is 6.03. The van der Waals surface area contributed by atoms with E-state index in [1.807, 2.05) is 18.2 Å². The van der Waals surface area contributed by atoms with Gasteiger partial charge in [0.15, 0.2) is 5.69 Å². The number of nitrogens with one attached hydrogen (secondary N) is 2. The van der Waals surface area contributed by atoms with Crippen LogP contribution >= 0.6 is 0 Å². The lowest BCUT2D eigenvalue weighted by Gasteiger charge is -2.25. The number of aryl methyl sites for hydroxylation is 1. The van der Waals surface area contributed by atoms with E-state index < -0.39 is 17.8 Å². The van der Waals surface area contributed by atoms with Gasteiger partial charge in [0.25, 0.3) is 5.91 Å². The summed E-state index contributed by atoms with van der Waals surface area (Å²) in [4.78, 5) is 13.4. The van der Waals surface area contributed by atoms with E-state index in [4.69, 9.17) is 5.73 Å². The SMILES string of the molecule is CCc1cccc(C(NC2CCCC2)c2cccc(NC(=O)c3cc(C(F)(F)F)nn3-c3cccc(CN)c3)c2)c1. The third-order valence-electron chi connectivity index (χ3n) is 7.55. The largest absolute Gasteiger partial charge is 0.435 e. The van der Waals surface area contributed by atoms with Gasteiger partial charge in [-0.2, -0.15) is 18.3 Å². The summed E-state index contributed by atoms with van der Waals surface area (Å²) in [5, 5.41) is 10.3. The number of hydrogen-bond acceptors (Lipinski definition) is 4. The summed E-state index contributed by atoms with van der Waals surface area (Å²) in [6.07, 6.45) is 0.808. The van der Waals surface area contributed by atoms with Crippen molar-refractivity contribution in [2.24, 2.45) is 5.73 Å². The minimum Gasteiger partial charge on any atom is -0.326 e. The molecule has 0 spiro atoms. The molecule has 3 aromatic carbocycles. The van der Waals surface area contributed by atoms with Crippen LogP contribution in [0.15, 0.2) is 78.9 Å². The number of nitrogens with zero attached hydrogens (tertiary/aromatic N) is 2. The van der Waals surface area contributed by atoms with Crippen molar-refractivity contribution < 1.29 is 18.0 Å². The van der Waals surface area contributed by atoms with Crippen LogP contribution in [0.3, 0.4) is 0 Å². The molecule has 0 radical (unpaired) electrons. The lowest BCUT2D eigenvalue weighted by molar-refractivity contribution is -0.141. The molecular weight excluding hydrogens is 527 g/mol. The second-order valence-electron chi connectivity index (χ2n) is 10.5. The lowest BCUT2D eigenvalue weighted by atomic mass is 9.95. The van der Waals surface area contributed by atoms with E-state index in [1.54, 1.807) is 30.3 Å². The topological polar surface area (TPSA) is 85.0 Å². The predicted molar refractivity (Wildman–Crippen MR) is 154 cm³/mol. The summed E-state index contributed by atoms with van der Waals surface area (Å²) in [6, 6.07) is 23.6. The van der Waals surface area contributed by atoms with E-state index in [9.17, 15) is 18.0 Å². The standard InChI is InChI=1S/C32H34F3N5O/c1-2-21-8-5-10-23(16-21)30(37-25-12-3-4-13-25)24-11-7-14-26(18-24)38-31(41)28-19-29(32(33,34)35)39-40(28)27-15-6-9-22(17-27)20-36/h5-11,14-19,25,30,37H,2-4,12-13,20,36H2,1H3,(H,38,41). The minimum absolute atomic E-state index is 0.0946. The van der Waals surface area contributed by atoms with Crippen LogP contribution in [0.2, 0.25) is 0 Å². The zero-order valence-corrected chi connectivity index (χ0v) is 22.9. The molecule has 4 aromatic rings. The van der Waals surface area contributed by atoms with Crippen molar-refractivity contribution in [1.82, 2.24) is 15.1 Å².